The van der Waals surface area contributed by atoms with Gasteiger partial charge in [0.2, 0.25) is 0 Å². The molecule has 1 N–H and O–H groups in total. The maximum Gasteiger partial charge on any atom is 0.140 e. The van der Waals surface area contributed by atoms with Crippen LogP contribution in [0, 0.1) is 22.7 Å². The Morgan fingerprint density at radius 2 is 1.56 bits per heavy atom. The smallest absolute Gasteiger partial charge is 0.140 e. The second kappa shape index (κ2) is 5.52. The zero-order valence-corrected chi connectivity index (χ0v) is 9.67. The van der Waals surface area contributed by atoms with Gasteiger partial charge in [0.25, 0.3) is 0 Å². The number of hydrogen-bond donors (Lipinski definition) is 1. The summed E-state index contributed by atoms with van der Waals surface area (Å²) in [4.78, 5) is 0. The van der Waals surface area contributed by atoms with Gasteiger partial charge in [0.05, 0.1) is 17.3 Å². The first-order valence-corrected chi connectivity index (χ1v) is 5.55. The number of nitriles is 2. The zero-order chi connectivity index (χ0) is 12.8. The minimum atomic E-state index is -0.458. The highest BCUT2D eigenvalue weighted by Gasteiger charge is 2.11. The molecule has 0 aliphatic heterocycles. The van der Waals surface area contributed by atoms with Crippen molar-refractivity contribution in [1.29, 1.82) is 10.5 Å². The summed E-state index contributed by atoms with van der Waals surface area (Å²) in [7, 11) is 0. The predicted octanol–water partition coefficient (Wildman–Crippen LogP) is 3.24. The molecule has 0 saturated heterocycles. The van der Waals surface area contributed by atoms with Crippen LogP contribution >= 0.6 is 0 Å². The SMILES string of the molecule is N#Cc1ccccc1NC(C#N)c1ccccc1. The van der Waals surface area contributed by atoms with E-state index in [9.17, 15) is 5.26 Å². The molecule has 86 valence electrons. The fourth-order valence-electron chi connectivity index (χ4n) is 1.70. The van der Waals surface area contributed by atoms with Crippen LogP contribution in [-0.4, -0.2) is 0 Å². The van der Waals surface area contributed by atoms with E-state index >= 15 is 0 Å². The number of nitrogens with zero attached hydrogens (tertiary/aromatic N) is 2. The van der Waals surface area contributed by atoms with Crippen LogP contribution in [0.1, 0.15) is 17.2 Å². The molecule has 1 atom stereocenters. The molecule has 0 fully saturated rings. The third-order valence-electron chi connectivity index (χ3n) is 2.61. The van der Waals surface area contributed by atoms with E-state index in [2.05, 4.69) is 17.5 Å². The number of rotatable bonds is 3. The molecule has 0 aliphatic carbocycles. The molecule has 0 spiro atoms. The van der Waals surface area contributed by atoms with E-state index < -0.39 is 6.04 Å². The molecule has 3 heteroatoms. The van der Waals surface area contributed by atoms with Gasteiger partial charge >= 0.3 is 0 Å². The lowest BCUT2D eigenvalue weighted by atomic mass is 10.1. The molecule has 1 unspecified atom stereocenters. The third-order valence-corrected chi connectivity index (χ3v) is 2.61. The van der Waals surface area contributed by atoms with Gasteiger partial charge in [-0.2, -0.15) is 10.5 Å². The summed E-state index contributed by atoms with van der Waals surface area (Å²) in [5.41, 5.74) is 2.09. The van der Waals surface area contributed by atoms with E-state index in [1.165, 1.54) is 0 Å². The quantitative estimate of drug-likeness (QED) is 0.885. The molecule has 0 aliphatic rings. The standard InChI is InChI=1S/C15H11N3/c16-10-13-8-4-5-9-14(13)18-15(11-17)12-6-2-1-3-7-12/h1-9,15,18H. The summed E-state index contributed by atoms with van der Waals surface area (Å²) >= 11 is 0. The zero-order valence-electron chi connectivity index (χ0n) is 9.67. The summed E-state index contributed by atoms with van der Waals surface area (Å²) in [6.45, 7) is 0. The Morgan fingerprint density at radius 1 is 0.889 bits per heavy atom. The molecule has 2 aromatic rings. The van der Waals surface area contributed by atoms with Gasteiger partial charge in [0.1, 0.15) is 12.1 Å². The average molecular weight is 233 g/mol. The van der Waals surface area contributed by atoms with E-state index in [1.54, 1.807) is 18.2 Å². The highest BCUT2D eigenvalue weighted by atomic mass is 14.9. The summed E-state index contributed by atoms with van der Waals surface area (Å²) < 4.78 is 0. The molecular weight excluding hydrogens is 222 g/mol. The first kappa shape index (κ1) is 11.7. The second-order valence-electron chi connectivity index (χ2n) is 3.77. The molecule has 0 heterocycles. The molecular formula is C15H11N3. The van der Waals surface area contributed by atoms with Crippen molar-refractivity contribution in [3.63, 3.8) is 0 Å². The van der Waals surface area contributed by atoms with Crippen LogP contribution in [0.2, 0.25) is 0 Å². The Kier molecular flexibility index (Phi) is 3.59. The van der Waals surface area contributed by atoms with Crippen LogP contribution in [-0.2, 0) is 0 Å². The topological polar surface area (TPSA) is 59.6 Å². The molecule has 0 amide bonds. The van der Waals surface area contributed by atoms with Gasteiger partial charge in [-0.25, -0.2) is 0 Å². The first-order valence-electron chi connectivity index (χ1n) is 5.55. The van der Waals surface area contributed by atoms with Crippen LogP contribution in [0.5, 0.6) is 0 Å². The maximum absolute atomic E-state index is 9.21. The van der Waals surface area contributed by atoms with Gasteiger partial charge in [-0.05, 0) is 17.7 Å². The van der Waals surface area contributed by atoms with Gasteiger partial charge in [0, 0.05) is 0 Å². The number of benzene rings is 2. The van der Waals surface area contributed by atoms with Crippen molar-refractivity contribution >= 4 is 5.69 Å². The Bertz CT molecular complexity index is 606. The van der Waals surface area contributed by atoms with Crippen molar-refractivity contribution in [3.05, 3.63) is 65.7 Å². The third kappa shape index (κ3) is 2.48. The highest BCUT2D eigenvalue weighted by Crippen LogP contribution is 2.21. The summed E-state index contributed by atoms with van der Waals surface area (Å²) in [5, 5.41) is 21.3. The average Bonchev–Trinajstić information content (AvgIpc) is 2.46. The van der Waals surface area contributed by atoms with Gasteiger partial charge < -0.3 is 5.32 Å². The lowest BCUT2D eigenvalue weighted by Crippen LogP contribution is -2.09. The number of anilines is 1. The van der Waals surface area contributed by atoms with E-state index in [0.717, 1.165) is 5.56 Å². The fraction of sp³-hybridized carbons (Fsp3) is 0.0667. The molecule has 0 bridgehead atoms. The summed E-state index contributed by atoms with van der Waals surface area (Å²) in [6.07, 6.45) is 0. The second-order valence-corrected chi connectivity index (χ2v) is 3.77. The van der Waals surface area contributed by atoms with Crippen molar-refractivity contribution in [3.8, 4) is 12.1 Å². The van der Waals surface area contributed by atoms with Crippen molar-refractivity contribution < 1.29 is 0 Å². The lowest BCUT2D eigenvalue weighted by Gasteiger charge is -2.14. The molecule has 3 nitrogen and oxygen atoms in total. The van der Waals surface area contributed by atoms with E-state index in [4.69, 9.17) is 5.26 Å². The normalized spacial score (nSPS) is 11.0. The molecule has 2 rings (SSSR count). The van der Waals surface area contributed by atoms with Crippen molar-refractivity contribution in [2.75, 3.05) is 5.32 Å². The lowest BCUT2D eigenvalue weighted by molar-refractivity contribution is 0.996. The van der Waals surface area contributed by atoms with Gasteiger partial charge in [-0.15, -0.1) is 0 Å². The van der Waals surface area contributed by atoms with Crippen LogP contribution in [0.15, 0.2) is 54.6 Å². The van der Waals surface area contributed by atoms with Crippen molar-refractivity contribution in [2.24, 2.45) is 0 Å². The Balaban J connectivity index is 2.28. The van der Waals surface area contributed by atoms with Crippen molar-refractivity contribution in [2.45, 2.75) is 6.04 Å². The fourth-order valence-corrected chi connectivity index (χ4v) is 1.70. The number of nitrogens with one attached hydrogen (secondary N) is 1. The number of hydrogen-bond acceptors (Lipinski definition) is 3. The summed E-state index contributed by atoms with van der Waals surface area (Å²) in [6, 6.07) is 20.4. The number of para-hydroxylation sites is 1. The van der Waals surface area contributed by atoms with Crippen LogP contribution in [0.3, 0.4) is 0 Å². The van der Waals surface area contributed by atoms with Gasteiger partial charge in [0.15, 0.2) is 0 Å². The monoisotopic (exact) mass is 233 g/mol. The first-order chi connectivity index (χ1) is 8.85. The van der Waals surface area contributed by atoms with Crippen molar-refractivity contribution in [1.82, 2.24) is 0 Å². The van der Waals surface area contributed by atoms with Crippen LogP contribution in [0.25, 0.3) is 0 Å². The van der Waals surface area contributed by atoms with E-state index in [-0.39, 0.29) is 0 Å². The minimum absolute atomic E-state index is 0.458. The molecule has 18 heavy (non-hydrogen) atoms. The van der Waals surface area contributed by atoms with Gasteiger partial charge in [-0.3, -0.25) is 0 Å². The highest BCUT2D eigenvalue weighted by molar-refractivity contribution is 5.59. The van der Waals surface area contributed by atoms with E-state index in [0.29, 0.717) is 11.3 Å². The Hall–Kier alpha value is -2.78. The largest absolute Gasteiger partial charge is 0.365 e. The Morgan fingerprint density at radius 3 is 2.22 bits per heavy atom. The van der Waals surface area contributed by atoms with Crippen LogP contribution < -0.4 is 5.32 Å². The van der Waals surface area contributed by atoms with Gasteiger partial charge in [-0.1, -0.05) is 42.5 Å². The predicted molar refractivity (Wildman–Crippen MR) is 69.6 cm³/mol. The molecule has 0 saturated carbocycles. The molecule has 2 aromatic carbocycles. The molecule has 0 aromatic heterocycles. The van der Waals surface area contributed by atoms with E-state index in [1.807, 2.05) is 36.4 Å². The summed E-state index contributed by atoms with van der Waals surface area (Å²) in [5.74, 6) is 0. The van der Waals surface area contributed by atoms with Crippen LogP contribution in [0.4, 0.5) is 5.69 Å². The maximum atomic E-state index is 9.21. The Labute approximate surface area is 106 Å². The minimum Gasteiger partial charge on any atom is -0.365 e. The molecule has 0 radical (unpaired) electrons.